The van der Waals surface area contributed by atoms with Crippen molar-refractivity contribution in [2.45, 2.75) is 24.5 Å². The van der Waals surface area contributed by atoms with Gasteiger partial charge in [-0.05, 0) is 19.9 Å². The molecule has 0 unspecified atom stereocenters. The van der Waals surface area contributed by atoms with Gasteiger partial charge in [0.05, 0.1) is 12.4 Å². The molecule has 6 heteroatoms. The summed E-state index contributed by atoms with van der Waals surface area (Å²) in [5.41, 5.74) is 1.01. The fraction of sp³-hybridized carbons (Fsp3) is 0.333. The van der Waals surface area contributed by atoms with E-state index in [0.29, 0.717) is 0 Å². The van der Waals surface area contributed by atoms with Crippen molar-refractivity contribution >= 4 is 34.1 Å². The highest BCUT2D eigenvalue weighted by atomic mass is 32.2. The van der Waals surface area contributed by atoms with Crippen molar-refractivity contribution in [2.75, 3.05) is 12.0 Å². The van der Waals surface area contributed by atoms with Gasteiger partial charge in [0.25, 0.3) is 0 Å². The molecule has 110 valence electrons. The molecule has 3 rings (SSSR count). The molecule has 1 aromatic heterocycles. The number of hydrogen-bond acceptors (Lipinski definition) is 5. The van der Waals surface area contributed by atoms with Crippen LogP contribution in [0, 0.1) is 6.92 Å². The molecule has 1 aliphatic rings. The van der Waals surface area contributed by atoms with Gasteiger partial charge in [-0.15, -0.1) is 23.1 Å². The first-order valence-electron chi connectivity index (χ1n) is 6.65. The third-order valence-electron chi connectivity index (χ3n) is 3.37. The molecule has 1 amide bonds. The summed E-state index contributed by atoms with van der Waals surface area (Å²) in [4.78, 5) is 19.8. The maximum absolute atomic E-state index is 12.5. The van der Waals surface area contributed by atoms with E-state index in [9.17, 15) is 4.79 Å². The highest BCUT2D eigenvalue weighted by Gasteiger charge is 2.41. The number of benzene rings is 1. The van der Waals surface area contributed by atoms with Gasteiger partial charge in [0.15, 0.2) is 5.13 Å². The lowest BCUT2D eigenvalue weighted by Crippen LogP contribution is -2.30. The monoisotopic (exact) mass is 320 g/mol. The zero-order valence-electron chi connectivity index (χ0n) is 12.1. The third-order valence-corrected chi connectivity index (χ3v) is 5.62. The summed E-state index contributed by atoms with van der Waals surface area (Å²) in [7, 11) is 1.65. The summed E-state index contributed by atoms with van der Waals surface area (Å²) in [6.07, 6.45) is 1.81. The number of anilines is 1. The number of hydrogen-bond donors (Lipinski definition) is 0. The molecule has 0 radical (unpaired) electrons. The van der Waals surface area contributed by atoms with Crippen LogP contribution in [0.15, 0.2) is 30.5 Å². The van der Waals surface area contributed by atoms with Crippen molar-refractivity contribution in [3.8, 4) is 5.75 Å². The smallest absolute Gasteiger partial charge is 0.242 e. The lowest BCUT2D eigenvalue weighted by molar-refractivity contribution is -0.117. The molecule has 0 N–H and O–H groups in total. The van der Waals surface area contributed by atoms with Gasteiger partial charge in [-0.2, -0.15) is 0 Å². The number of rotatable bonds is 3. The Morgan fingerprint density at radius 3 is 2.76 bits per heavy atom. The summed E-state index contributed by atoms with van der Waals surface area (Å²) in [6, 6.07) is 7.84. The van der Waals surface area contributed by atoms with Crippen LogP contribution >= 0.6 is 23.1 Å². The van der Waals surface area contributed by atoms with Crippen molar-refractivity contribution in [3.05, 3.63) is 40.9 Å². The fourth-order valence-electron chi connectivity index (χ4n) is 2.36. The summed E-state index contributed by atoms with van der Waals surface area (Å²) in [5, 5.41) is 0.587. The van der Waals surface area contributed by atoms with E-state index in [2.05, 4.69) is 4.98 Å². The molecule has 1 aromatic carbocycles. The van der Waals surface area contributed by atoms with E-state index in [1.807, 2.05) is 38.1 Å². The first-order valence-corrected chi connectivity index (χ1v) is 8.41. The Kier molecular flexibility index (Phi) is 3.91. The molecule has 0 spiro atoms. The maximum Gasteiger partial charge on any atom is 0.242 e. The van der Waals surface area contributed by atoms with E-state index in [0.717, 1.165) is 21.3 Å². The molecule has 2 heterocycles. The van der Waals surface area contributed by atoms with Crippen LogP contribution in [-0.2, 0) is 4.79 Å². The van der Waals surface area contributed by atoms with E-state index < -0.39 is 0 Å². The fourth-order valence-corrected chi connectivity index (χ4v) is 4.50. The summed E-state index contributed by atoms with van der Waals surface area (Å²) in [5.74, 6) is 0.903. The predicted octanol–water partition coefficient (Wildman–Crippen LogP) is 3.63. The SMILES string of the molecule is COc1ccccc1[C@H]1S[C@@H](C)C(=O)N1c1ncc(C)s1. The van der Waals surface area contributed by atoms with Gasteiger partial charge < -0.3 is 4.74 Å². The van der Waals surface area contributed by atoms with Crippen LogP contribution in [0.3, 0.4) is 0 Å². The second-order valence-corrected chi connectivity index (χ2v) is 7.47. The van der Waals surface area contributed by atoms with Crippen LogP contribution in [0.5, 0.6) is 5.75 Å². The van der Waals surface area contributed by atoms with E-state index in [1.165, 1.54) is 0 Å². The molecule has 1 saturated heterocycles. The number of methoxy groups -OCH3 is 1. The first-order chi connectivity index (χ1) is 10.1. The molecular weight excluding hydrogens is 304 g/mol. The lowest BCUT2D eigenvalue weighted by atomic mass is 10.2. The molecule has 2 aromatic rings. The second-order valence-electron chi connectivity index (χ2n) is 4.83. The standard InChI is InChI=1S/C15H16N2O2S2/c1-9-8-16-15(20-9)17-13(18)10(2)21-14(17)11-6-4-5-7-12(11)19-3/h4-8,10,14H,1-3H3/t10-,14+/m0/s1. The number of nitrogens with zero attached hydrogens (tertiary/aromatic N) is 2. The zero-order chi connectivity index (χ0) is 15.0. The van der Waals surface area contributed by atoms with Crippen LogP contribution in [0.25, 0.3) is 0 Å². The van der Waals surface area contributed by atoms with Crippen LogP contribution < -0.4 is 9.64 Å². The van der Waals surface area contributed by atoms with E-state index in [1.54, 1.807) is 41.3 Å². The molecule has 4 nitrogen and oxygen atoms in total. The lowest BCUT2D eigenvalue weighted by Gasteiger charge is -2.23. The summed E-state index contributed by atoms with van der Waals surface area (Å²) < 4.78 is 5.45. The van der Waals surface area contributed by atoms with E-state index in [-0.39, 0.29) is 16.5 Å². The van der Waals surface area contributed by atoms with Crippen LogP contribution in [0.2, 0.25) is 0 Å². The largest absolute Gasteiger partial charge is 0.496 e. The molecule has 0 saturated carbocycles. The normalized spacial score (nSPS) is 21.9. The number of aryl methyl sites for hydroxylation is 1. The summed E-state index contributed by atoms with van der Waals surface area (Å²) in [6.45, 7) is 3.94. The second kappa shape index (κ2) is 5.69. The molecule has 2 atom stereocenters. The number of aromatic nitrogens is 1. The van der Waals surface area contributed by atoms with Crippen molar-refractivity contribution in [3.63, 3.8) is 0 Å². The predicted molar refractivity (Wildman–Crippen MR) is 87.1 cm³/mol. The number of carbonyl (C=O) groups is 1. The quantitative estimate of drug-likeness (QED) is 0.866. The Morgan fingerprint density at radius 2 is 2.10 bits per heavy atom. The maximum atomic E-state index is 12.5. The average molecular weight is 320 g/mol. The van der Waals surface area contributed by atoms with Crippen molar-refractivity contribution < 1.29 is 9.53 Å². The van der Waals surface area contributed by atoms with Gasteiger partial charge in [0.2, 0.25) is 5.91 Å². The Labute approximate surface area is 132 Å². The number of thioether (sulfide) groups is 1. The molecule has 21 heavy (non-hydrogen) atoms. The van der Waals surface area contributed by atoms with Crippen molar-refractivity contribution in [1.29, 1.82) is 0 Å². The van der Waals surface area contributed by atoms with E-state index in [4.69, 9.17) is 4.74 Å². The number of carbonyl (C=O) groups excluding carboxylic acids is 1. The minimum atomic E-state index is -0.0887. The van der Waals surface area contributed by atoms with Gasteiger partial charge in [-0.25, -0.2) is 4.98 Å². The third kappa shape index (κ3) is 2.53. The highest BCUT2D eigenvalue weighted by molar-refractivity contribution is 8.01. The van der Waals surface area contributed by atoms with Gasteiger partial charge >= 0.3 is 0 Å². The first kappa shape index (κ1) is 14.4. The minimum absolute atomic E-state index is 0.0795. The Balaban J connectivity index is 2.05. The minimum Gasteiger partial charge on any atom is -0.496 e. The van der Waals surface area contributed by atoms with Crippen molar-refractivity contribution in [2.24, 2.45) is 0 Å². The topological polar surface area (TPSA) is 42.4 Å². The molecule has 1 fully saturated rings. The molecule has 0 aliphatic carbocycles. The van der Waals surface area contributed by atoms with Crippen molar-refractivity contribution in [1.82, 2.24) is 4.98 Å². The Bertz CT molecular complexity index is 671. The average Bonchev–Trinajstić information content (AvgIpc) is 3.03. The summed E-state index contributed by atoms with van der Waals surface area (Å²) >= 11 is 3.17. The van der Waals surface area contributed by atoms with Crippen LogP contribution in [0.4, 0.5) is 5.13 Å². The van der Waals surface area contributed by atoms with Gasteiger partial charge in [-0.3, -0.25) is 9.69 Å². The molecule has 0 bridgehead atoms. The van der Waals surface area contributed by atoms with Crippen LogP contribution in [-0.4, -0.2) is 23.3 Å². The molecular formula is C15H16N2O2S2. The molecule has 1 aliphatic heterocycles. The van der Waals surface area contributed by atoms with Gasteiger partial charge in [-0.1, -0.05) is 18.2 Å². The zero-order valence-corrected chi connectivity index (χ0v) is 13.7. The number of para-hydroxylation sites is 1. The number of thiazole rings is 1. The highest BCUT2D eigenvalue weighted by Crippen LogP contribution is 2.48. The van der Waals surface area contributed by atoms with Gasteiger partial charge in [0, 0.05) is 16.6 Å². The Hall–Kier alpha value is -1.53. The van der Waals surface area contributed by atoms with E-state index >= 15 is 0 Å². The van der Waals surface area contributed by atoms with Crippen LogP contribution in [0.1, 0.15) is 22.7 Å². The van der Waals surface area contributed by atoms with Gasteiger partial charge in [0.1, 0.15) is 11.1 Å². The number of amides is 1. The Morgan fingerprint density at radius 1 is 1.33 bits per heavy atom. The number of ether oxygens (including phenoxy) is 1.